The quantitative estimate of drug-likeness (QED) is 0.0422. The smallest absolute Gasteiger partial charge is 0.303 e. The van der Waals surface area contributed by atoms with Crippen LogP contribution >= 0.6 is 0 Å². The van der Waals surface area contributed by atoms with Gasteiger partial charge in [-0.3, -0.25) is 4.79 Å². The van der Waals surface area contributed by atoms with Crippen LogP contribution in [0.15, 0.2) is 94.4 Å². The van der Waals surface area contributed by atoms with Gasteiger partial charge in [0.25, 0.3) is 0 Å². The van der Waals surface area contributed by atoms with Gasteiger partial charge in [0.2, 0.25) is 5.69 Å². The number of hydrogen-bond donors (Lipinski definition) is 1. The molecule has 0 saturated heterocycles. The van der Waals surface area contributed by atoms with Gasteiger partial charge in [-0.2, -0.15) is 4.58 Å². The molecule has 4 rings (SSSR count). The summed E-state index contributed by atoms with van der Waals surface area (Å²) < 4.78 is 143. The molecule has 2 unspecified atom stereocenters. The maximum absolute atomic E-state index is 12.3. The minimum Gasteiger partial charge on any atom is -0.748 e. The van der Waals surface area contributed by atoms with Crippen LogP contribution in [0.5, 0.6) is 0 Å². The van der Waals surface area contributed by atoms with Crippen molar-refractivity contribution >= 4 is 53.4 Å². The number of methoxy groups -OCH3 is 2. The molecule has 0 radical (unpaired) electrons. The Morgan fingerprint density at radius 3 is 1.80 bits per heavy atom. The van der Waals surface area contributed by atoms with Gasteiger partial charge in [-0.1, -0.05) is 36.8 Å². The summed E-state index contributed by atoms with van der Waals surface area (Å²) in [6, 6.07) is 8.38. The number of aliphatic carboxylic acids is 1. The van der Waals surface area contributed by atoms with Gasteiger partial charge in [0, 0.05) is 74.1 Å². The minimum absolute atomic E-state index is 0.0264. The number of anilines is 1. The first-order valence-electron chi connectivity index (χ1n) is 23.0. The summed E-state index contributed by atoms with van der Waals surface area (Å²) in [5, 5.41) is 9.20. The molecular weight excluding hydrogens is 973 g/mol. The standard InChI is InChI=1S/C48H68N2O17S3/c1-47(21-13-35-68(53,54)55)40-36-38(69(56,57)58)18-20-43(40)50(24-26-62-3)44(47)14-9-6-5-7-10-15-45-48(2,22-25-64-29-30-66-33-34-67-32-31-65-28-27-63-4)41-37-39(70(59,60)61)17-19-42(41)49(45)23-12-8-11-16-46(51)52/h5-7,9-10,14-15,17-20,36-37H,8,11-13,16,21-35H2,1-4H3,(H3-,51,52,53,54,55,56,57,58,59,60,61)/p-2. The molecule has 22 heteroatoms. The van der Waals surface area contributed by atoms with Crippen molar-refractivity contribution in [1.29, 1.82) is 0 Å². The second-order valence-corrected chi connectivity index (χ2v) is 21.3. The predicted octanol–water partition coefficient (Wildman–Crippen LogP) is 4.90. The lowest BCUT2D eigenvalue weighted by Crippen LogP contribution is -2.32. The maximum atomic E-state index is 12.3. The molecule has 2 aromatic rings. The zero-order chi connectivity index (χ0) is 51.4. The highest BCUT2D eigenvalue weighted by Gasteiger charge is 2.48. The highest BCUT2D eigenvalue weighted by atomic mass is 32.2. The fraction of sp³-hybridized carbons (Fsp3) is 0.542. The van der Waals surface area contributed by atoms with Gasteiger partial charge < -0.3 is 52.1 Å². The number of ether oxygens (including phenoxy) is 6. The molecule has 2 aromatic carbocycles. The van der Waals surface area contributed by atoms with Gasteiger partial charge in [0.1, 0.15) is 26.8 Å². The number of carboxylic acid groups (broad SMARTS) is 1. The van der Waals surface area contributed by atoms with Crippen molar-refractivity contribution < 1.29 is 81.8 Å². The third-order valence-electron chi connectivity index (χ3n) is 12.1. The summed E-state index contributed by atoms with van der Waals surface area (Å²) in [6.07, 6.45) is 14.8. The largest absolute Gasteiger partial charge is 0.748 e. The van der Waals surface area contributed by atoms with E-state index in [2.05, 4.69) is 4.90 Å². The van der Waals surface area contributed by atoms with Gasteiger partial charge in [0.05, 0.1) is 78.2 Å². The molecule has 0 bridgehead atoms. The SMILES string of the molecule is COCCOCCOCCOCCOCCC1(C)C(=CC=CC=CC=CC2=[N+](CCOC)c3ccc(S(=O)(=O)[O-])cc3C2(C)CCCS(=O)(=O)[O-])N(CCCCCC(=O)O)c2ccc(S(=O)(=O)[O-])cc21. The molecule has 0 aliphatic carbocycles. The Morgan fingerprint density at radius 2 is 1.21 bits per heavy atom. The first-order chi connectivity index (χ1) is 33.2. The lowest BCUT2D eigenvalue weighted by atomic mass is 9.76. The van der Waals surface area contributed by atoms with Crippen LogP contribution in [0.1, 0.15) is 69.9 Å². The molecule has 0 saturated carbocycles. The third kappa shape index (κ3) is 17.3. The molecular formula is C48H66N2O17S3-2. The molecule has 0 amide bonds. The number of fused-ring (bicyclic) bond motifs is 2. The van der Waals surface area contributed by atoms with Crippen LogP contribution < -0.4 is 4.90 Å². The first-order valence-corrected chi connectivity index (χ1v) is 27.4. The molecule has 0 fully saturated rings. The average Bonchev–Trinajstić information content (AvgIpc) is 3.66. The molecule has 70 heavy (non-hydrogen) atoms. The lowest BCUT2D eigenvalue weighted by Gasteiger charge is -2.30. The Bertz CT molecular complexity index is 2560. The number of allylic oxidation sites excluding steroid dienone is 8. The van der Waals surface area contributed by atoms with Gasteiger partial charge in [-0.25, -0.2) is 25.3 Å². The molecule has 2 aliphatic rings. The van der Waals surface area contributed by atoms with Crippen LogP contribution in [0.4, 0.5) is 11.4 Å². The molecule has 19 nitrogen and oxygen atoms in total. The summed E-state index contributed by atoms with van der Waals surface area (Å²) in [4.78, 5) is 12.5. The van der Waals surface area contributed by atoms with Crippen LogP contribution in [-0.2, 0) is 74.4 Å². The van der Waals surface area contributed by atoms with Crippen molar-refractivity contribution in [2.45, 2.75) is 79.4 Å². The van der Waals surface area contributed by atoms with Crippen LogP contribution in [0.25, 0.3) is 0 Å². The van der Waals surface area contributed by atoms with Crippen LogP contribution in [0.2, 0.25) is 0 Å². The van der Waals surface area contributed by atoms with E-state index in [1.54, 1.807) is 50.5 Å². The highest BCUT2D eigenvalue weighted by Crippen LogP contribution is 2.51. The fourth-order valence-corrected chi connectivity index (χ4v) is 10.0. The number of carbonyl (C=O) groups is 1. The summed E-state index contributed by atoms with van der Waals surface area (Å²) >= 11 is 0. The van der Waals surface area contributed by atoms with E-state index in [-0.39, 0.29) is 44.0 Å². The van der Waals surface area contributed by atoms with Crippen LogP contribution in [0, 0.1) is 0 Å². The predicted molar refractivity (Wildman–Crippen MR) is 258 cm³/mol. The third-order valence-corrected chi connectivity index (χ3v) is 14.6. The Kier molecular flexibility index (Phi) is 23.0. The topological polar surface area (TPSA) is 271 Å². The van der Waals surface area contributed by atoms with Gasteiger partial charge in [-0.15, -0.1) is 0 Å². The molecule has 1 N–H and O–H groups in total. The number of benzene rings is 2. The van der Waals surface area contributed by atoms with Gasteiger partial charge in [-0.05, 0) is 87.9 Å². The van der Waals surface area contributed by atoms with E-state index in [0.717, 1.165) is 5.70 Å². The molecule has 2 aliphatic heterocycles. The van der Waals surface area contributed by atoms with Gasteiger partial charge >= 0.3 is 5.97 Å². The van der Waals surface area contributed by atoms with E-state index in [9.17, 15) is 48.8 Å². The van der Waals surface area contributed by atoms with E-state index >= 15 is 0 Å². The molecule has 0 spiro atoms. The second-order valence-electron chi connectivity index (χ2n) is 17.1. The first kappa shape index (κ1) is 58.4. The summed E-state index contributed by atoms with van der Waals surface area (Å²) in [5.41, 5.74) is 2.05. The average molecular weight is 1040 g/mol. The Labute approximate surface area is 412 Å². The van der Waals surface area contributed by atoms with E-state index in [4.69, 9.17) is 28.4 Å². The fourth-order valence-electron chi connectivity index (χ4n) is 8.56. The van der Waals surface area contributed by atoms with Crippen molar-refractivity contribution in [2.75, 3.05) is 104 Å². The molecule has 2 heterocycles. The lowest BCUT2D eigenvalue weighted by molar-refractivity contribution is -0.441. The zero-order valence-electron chi connectivity index (χ0n) is 40.2. The molecule has 0 aromatic heterocycles. The van der Waals surface area contributed by atoms with Crippen molar-refractivity contribution in [3.63, 3.8) is 0 Å². The zero-order valence-corrected chi connectivity index (χ0v) is 42.7. The maximum Gasteiger partial charge on any atom is 0.303 e. The highest BCUT2D eigenvalue weighted by molar-refractivity contribution is 7.86. The number of unbranched alkanes of at least 4 members (excludes halogenated alkanes) is 2. The van der Waals surface area contributed by atoms with Gasteiger partial charge in [0.15, 0.2) is 12.3 Å². The Hall–Kier alpha value is -4.17. The number of nitrogens with zero attached hydrogens (tertiary/aromatic N) is 2. The van der Waals surface area contributed by atoms with Crippen LogP contribution in [0.3, 0.4) is 0 Å². The van der Waals surface area contributed by atoms with E-state index in [1.807, 2.05) is 23.7 Å². The summed E-state index contributed by atoms with van der Waals surface area (Å²) in [6.45, 7) is 8.30. The van der Waals surface area contributed by atoms with Crippen LogP contribution in [-0.4, -0.2) is 159 Å². The van der Waals surface area contributed by atoms with E-state index in [1.165, 1.54) is 37.4 Å². The van der Waals surface area contributed by atoms with Crippen molar-refractivity contribution in [2.24, 2.45) is 0 Å². The molecule has 2 atom stereocenters. The number of hydrogen-bond acceptors (Lipinski definition) is 17. The monoisotopic (exact) mass is 1040 g/mol. The summed E-state index contributed by atoms with van der Waals surface area (Å²) in [5.74, 6) is -1.52. The number of carboxylic acids is 1. The van der Waals surface area contributed by atoms with E-state index < -0.39 is 57.8 Å². The Morgan fingerprint density at radius 1 is 0.657 bits per heavy atom. The normalized spacial score (nSPS) is 19.2. The molecule has 390 valence electrons. The second kappa shape index (κ2) is 27.6. The number of rotatable bonds is 34. The van der Waals surface area contributed by atoms with E-state index in [0.29, 0.717) is 113 Å². The van der Waals surface area contributed by atoms with Crippen molar-refractivity contribution in [3.05, 3.63) is 95.8 Å². The van der Waals surface area contributed by atoms with Crippen molar-refractivity contribution in [3.8, 4) is 0 Å². The Balaban J connectivity index is 1.60. The minimum atomic E-state index is -4.83. The summed E-state index contributed by atoms with van der Waals surface area (Å²) in [7, 11) is -11.1. The van der Waals surface area contributed by atoms with Crippen molar-refractivity contribution in [1.82, 2.24) is 0 Å².